The second-order valence-corrected chi connectivity index (χ2v) is 7.71. The van der Waals surface area contributed by atoms with Crippen LogP contribution in [-0.4, -0.2) is 23.3 Å². The Morgan fingerprint density at radius 2 is 2.00 bits per heavy atom. The van der Waals surface area contributed by atoms with Gasteiger partial charge in [0, 0.05) is 23.5 Å². The Morgan fingerprint density at radius 3 is 2.65 bits per heavy atom. The van der Waals surface area contributed by atoms with Crippen LogP contribution in [0.1, 0.15) is 25.8 Å². The van der Waals surface area contributed by atoms with E-state index in [-0.39, 0.29) is 23.3 Å². The molecule has 26 heavy (non-hydrogen) atoms. The number of benzene rings is 2. The fraction of sp³-hybridized carbons (Fsp3) is 0.381. The summed E-state index contributed by atoms with van der Waals surface area (Å²) in [5.74, 6) is 0.183. The molecule has 1 N–H and O–H groups in total. The Hall–Kier alpha value is -2.56. The van der Waals surface area contributed by atoms with Crippen LogP contribution in [0.2, 0.25) is 0 Å². The summed E-state index contributed by atoms with van der Waals surface area (Å²) in [5, 5.41) is 8.92. The van der Waals surface area contributed by atoms with Crippen LogP contribution >= 0.6 is 0 Å². The van der Waals surface area contributed by atoms with E-state index < -0.39 is 5.97 Å². The van der Waals surface area contributed by atoms with Crippen molar-refractivity contribution in [3.05, 3.63) is 47.8 Å². The Balaban J connectivity index is 1.52. The van der Waals surface area contributed by atoms with E-state index in [4.69, 9.17) is 14.6 Å². The molecule has 0 saturated heterocycles. The highest BCUT2D eigenvalue weighted by Gasteiger charge is 2.43. The molecule has 4 rings (SSSR count). The van der Waals surface area contributed by atoms with Gasteiger partial charge in [-0.15, -0.1) is 0 Å². The van der Waals surface area contributed by atoms with Crippen molar-refractivity contribution < 1.29 is 23.8 Å². The molecule has 2 aromatic carbocycles. The summed E-state index contributed by atoms with van der Waals surface area (Å²) in [6.45, 7) is 4.38. The molecular weight excluding hydrogens is 335 g/mol. The molecule has 0 amide bonds. The normalized spacial score (nSPS) is 22.4. The Kier molecular flexibility index (Phi) is 3.90. The zero-order valence-corrected chi connectivity index (χ0v) is 14.8. The third-order valence-corrected chi connectivity index (χ3v) is 5.05. The third-order valence-electron chi connectivity index (χ3n) is 5.05. The van der Waals surface area contributed by atoms with Gasteiger partial charge in [-0.1, -0.05) is 12.1 Å². The first kappa shape index (κ1) is 16.9. The molecular formula is C21H21FO4. The first-order valence-corrected chi connectivity index (χ1v) is 8.80. The number of ether oxygens (including phenoxy) is 2. The number of hydrogen-bond donors (Lipinski definition) is 1. The van der Waals surface area contributed by atoms with Crippen LogP contribution in [-0.2, 0) is 11.2 Å². The quantitative estimate of drug-likeness (QED) is 0.868. The first-order chi connectivity index (χ1) is 12.3. The van der Waals surface area contributed by atoms with E-state index in [1.807, 2.05) is 26.0 Å². The van der Waals surface area contributed by atoms with Crippen molar-refractivity contribution in [2.45, 2.75) is 32.3 Å². The monoisotopic (exact) mass is 356 g/mol. The zero-order chi connectivity index (χ0) is 18.5. The predicted octanol–water partition coefficient (Wildman–Crippen LogP) is 4.31. The molecule has 0 spiro atoms. The fourth-order valence-corrected chi connectivity index (χ4v) is 3.60. The Bertz CT molecular complexity index is 857. The lowest BCUT2D eigenvalue weighted by atomic mass is 9.93. The summed E-state index contributed by atoms with van der Waals surface area (Å²) < 4.78 is 26.1. The number of halogens is 1. The van der Waals surface area contributed by atoms with E-state index in [1.54, 1.807) is 18.2 Å². The van der Waals surface area contributed by atoms with Crippen LogP contribution in [0.15, 0.2) is 36.4 Å². The van der Waals surface area contributed by atoms with Crippen molar-refractivity contribution in [2.75, 3.05) is 6.61 Å². The van der Waals surface area contributed by atoms with Gasteiger partial charge in [-0.25, -0.2) is 4.39 Å². The molecule has 136 valence electrons. The van der Waals surface area contributed by atoms with Gasteiger partial charge in [0.1, 0.15) is 22.9 Å². The van der Waals surface area contributed by atoms with E-state index in [1.165, 1.54) is 6.07 Å². The topological polar surface area (TPSA) is 55.8 Å². The summed E-state index contributed by atoms with van der Waals surface area (Å²) >= 11 is 0. The molecule has 1 heterocycles. The molecule has 0 radical (unpaired) electrons. The fourth-order valence-electron chi connectivity index (χ4n) is 3.60. The van der Waals surface area contributed by atoms with Gasteiger partial charge in [-0.2, -0.15) is 0 Å². The predicted molar refractivity (Wildman–Crippen MR) is 95.0 cm³/mol. The number of rotatable bonds is 5. The van der Waals surface area contributed by atoms with Crippen LogP contribution in [0.4, 0.5) is 4.39 Å². The first-order valence-electron chi connectivity index (χ1n) is 8.80. The number of hydrogen-bond acceptors (Lipinski definition) is 3. The SMILES string of the molecule is CC1(C)Cc2c(ccc(F)c2-c2ccc(OCC3CC3C(=O)O)cc2)O1. The van der Waals surface area contributed by atoms with E-state index in [2.05, 4.69) is 0 Å². The number of aliphatic carboxylic acids is 1. The van der Waals surface area contributed by atoms with Crippen molar-refractivity contribution in [1.29, 1.82) is 0 Å². The maximum atomic E-state index is 14.5. The van der Waals surface area contributed by atoms with E-state index in [9.17, 15) is 9.18 Å². The second kappa shape index (κ2) is 6.01. The summed E-state index contributed by atoms with van der Waals surface area (Å²) in [6.07, 6.45) is 1.33. The second-order valence-electron chi connectivity index (χ2n) is 7.71. The van der Waals surface area contributed by atoms with Gasteiger partial charge in [-0.3, -0.25) is 4.79 Å². The minimum Gasteiger partial charge on any atom is -0.493 e. The Labute approximate surface area is 151 Å². The number of carboxylic acids is 1. The van der Waals surface area contributed by atoms with E-state index in [0.717, 1.165) is 16.9 Å². The molecule has 1 aliphatic carbocycles. The maximum Gasteiger partial charge on any atom is 0.306 e. The lowest BCUT2D eigenvalue weighted by Gasteiger charge is -2.16. The molecule has 2 atom stereocenters. The van der Waals surface area contributed by atoms with Crippen molar-refractivity contribution in [3.63, 3.8) is 0 Å². The van der Waals surface area contributed by atoms with Gasteiger partial charge in [-0.05, 0) is 50.1 Å². The molecule has 0 bridgehead atoms. The van der Waals surface area contributed by atoms with Gasteiger partial charge < -0.3 is 14.6 Å². The number of fused-ring (bicyclic) bond motifs is 1. The van der Waals surface area contributed by atoms with Crippen LogP contribution in [0.25, 0.3) is 11.1 Å². The Morgan fingerprint density at radius 1 is 1.27 bits per heavy atom. The van der Waals surface area contributed by atoms with Crippen LogP contribution < -0.4 is 9.47 Å². The summed E-state index contributed by atoms with van der Waals surface area (Å²) in [7, 11) is 0. The van der Waals surface area contributed by atoms with Gasteiger partial charge >= 0.3 is 5.97 Å². The average Bonchev–Trinajstić information content (AvgIpc) is 3.29. The maximum absolute atomic E-state index is 14.5. The zero-order valence-electron chi connectivity index (χ0n) is 14.8. The van der Waals surface area contributed by atoms with Crippen LogP contribution in [0.3, 0.4) is 0 Å². The molecule has 2 unspecified atom stereocenters. The lowest BCUT2D eigenvalue weighted by molar-refractivity contribution is -0.138. The molecule has 2 aliphatic rings. The smallest absolute Gasteiger partial charge is 0.306 e. The summed E-state index contributed by atoms with van der Waals surface area (Å²) in [6, 6.07) is 10.4. The third kappa shape index (κ3) is 3.14. The van der Waals surface area contributed by atoms with E-state index >= 15 is 0 Å². The van der Waals surface area contributed by atoms with E-state index in [0.29, 0.717) is 30.8 Å². The highest BCUT2D eigenvalue weighted by Crippen LogP contribution is 2.42. The number of carbonyl (C=O) groups is 1. The summed E-state index contributed by atoms with van der Waals surface area (Å²) in [5.41, 5.74) is 1.92. The van der Waals surface area contributed by atoms with Gasteiger partial charge in [0.2, 0.25) is 0 Å². The van der Waals surface area contributed by atoms with Crippen molar-refractivity contribution in [2.24, 2.45) is 11.8 Å². The number of carboxylic acid groups (broad SMARTS) is 1. The molecule has 0 aromatic heterocycles. The summed E-state index contributed by atoms with van der Waals surface area (Å²) in [4.78, 5) is 10.9. The molecule has 1 fully saturated rings. The van der Waals surface area contributed by atoms with Crippen LogP contribution in [0.5, 0.6) is 11.5 Å². The minimum absolute atomic E-state index is 0.0846. The van der Waals surface area contributed by atoms with Crippen LogP contribution in [0, 0.1) is 17.7 Å². The lowest BCUT2D eigenvalue weighted by Crippen LogP contribution is -2.24. The van der Waals surface area contributed by atoms with Gasteiger partial charge in [0.15, 0.2) is 0 Å². The molecule has 2 aromatic rings. The van der Waals surface area contributed by atoms with Gasteiger partial charge in [0.25, 0.3) is 0 Å². The van der Waals surface area contributed by atoms with Crippen molar-refractivity contribution >= 4 is 5.97 Å². The minimum atomic E-state index is -0.757. The largest absolute Gasteiger partial charge is 0.493 e. The van der Waals surface area contributed by atoms with Crippen molar-refractivity contribution in [1.82, 2.24) is 0 Å². The molecule has 1 aliphatic heterocycles. The highest BCUT2D eigenvalue weighted by atomic mass is 19.1. The standard InChI is InChI=1S/C21H21FO4/c1-21(2)10-16-18(26-21)8-7-17(22)19(16)12-3-5-14(6-4-12)25-11-13-9-15(13)20(23)24/h3-8,13,15H,9-11H2,1-2H3,(H,23,24). The highest BCUT2D eigenvalue weighted by molar-refractivity contribution is 5.73. The molecule has 1 saturated carbocycles. The molecule has 5 heteroatoms. The van der Waals surface area contributed by atoms with Gasteiger partial charge in [0.05, 0.1) is 12.5 Å². The van der Waals surface area contributed by atoms with Crippen molar-refractivity contribution in [3.8, 4) is 22.6 Å². The molecule has 4 nitrogen and oxygen atoms in total. The average molecular weight is 356 g/mol.